The van der Waals surface area contributed by atoms with Crippen molar-refractivity contribution in [1.82, 2.24) is 10.3 Å². The van der Waals surface area contributed by atoms with Gasteiger partial charge < -0.3 is 5.32 Å². The molecule has 1 unspecified atom stereocenters. The highest BCUT2D eigenvalue weighted by Gasteiger charge is 2.14. The number of hydrogen-bond donors (Lipinski definition) is 1. The summed E-state index contributed by atoms with van der Waals surface area (Å²) >= 11 is 0. The van der Waals surface area contributed by atoms with Gasteiger partial charge in [0.15, 0.2) is 0 Å². The van der Waals surface area contributed by atoms with Gasteiger partial charge in [-0.25, -0.2) is 4.39 Å². The minimum atomic E-state index is -0.270. The minimum absolute atomic E-state index is 0.0892. The lowest BCUT2D eigenvalue weighted by Crippen LogP contribution is -2.19. The summed E-state index contributed by atoms with van der Waals surface area (Å²) in [5.41, 5.74) is 1.47. The molecule has 0 saturated carbocycles. The first-order valence-corrected chi connectivity index (χ1v) is 4.57. The fraction of sp³-hybridized carbons (Fsp3) is 0.364. The Balaban J connectivity index is 2.89. The fourth-order valence-electron chi connectivity index (χ4n) is 1.34. The van der Waals surface area contributed by atoms with E-state index in [1.165, 1.54) is 6.07 Å². The molecule has 3 heteroatoms. The molecule has 0 radical (unpaired) electrons. The Bertz CT molecular complexity index is 323. The van der Waals surface area contributed by atoms with Gasteiger partial charge in [0.05, 0.1) is 11.7 Å². The average Bonchev–Trinajstić information content (AvgIpc) is 2.15. The van der Waals surface area contributed by atoms with E-state index in [0.29, 0.717) is 12.1 Å². The van der Waals surface area contributed by atoms with Gasteiger partial charge in [-0.1, -0.05) is 5.57 Å². The van der Waals surface area contributed by atoms with Crippen LogP contribution in [-0.4, -0.2) is 12.0 Å². The van der Waals surface area contributed by atoms with Gasteiger partial charge in [0.1, 0.15) is 5.82 Å². The average molecular weight is 194 g/mol. The van der Waals surface area contributed by atoms with E-state index in [0.717, 1.165) is 5.57 Å². The summed E-state index contributed by atoms with van der Waals surface area (Å²) in [5.74, 6) is -0.270. The van der Waals surface area contributed by atoms with E-state index in [-0.39, 0.29) is 11.9 Å². The van der Waals surface area contributed by atoms with Crippen LogP contribution in [0.2, 0.25) is 0 Å². The molecule has 14 heavy (non-hydrogen) atoms. The molecule has 1 aromatic heterocycles. The minimum Gasteiger partial charge on any atom is -0.311 e. The summed E-state index contributed by atoms with van der Waals surface area (Å²) in [7, 11) is 1.79. The lowest BCUT2D eigenvalue weighted by atomic mass is 10.1. The second kappa shape index (κ2) is 4.86. The second-order valence-electron chi connectivity index (χ2n) is 3.37. The molecule has 0 amide bonds. The molecule has 0 fully saturated rings. The zero-order valence-electron chi connectivity index (χ0n) is 8.55. The second-order valence-corrected chi connectivity index (χ2v) is 3.37. The first kappa shape index (κ1) is 10.9. The van der Waals surface area contributed by atoms with Crippen LogP contribution in [0.25, 0.3) is 0 Å². The molecule has 76 valence electrons. The summed E-state index contributed by atoms with van der Waals surface area (Å²) in [5, 5.41) is 3.03. The van der Waals surface area contributed by atoms with E-state index < -0.39 is 0 Å². The van der Waals surface area contributed by atoms with Gasteiger partial charge in [-0.15, -0.1) is 6.58 Å². The maximum Gasteiger partial charge on any atom is 0.146 e. The summed E-state index contributed by atoms with van der Waals surface area (Å²) in [4.78, 5) is 4.02. The normalized spacial score (nSPS) is 12.5. The van der Waals surface area contributed by atoms with Crippen molar-refractivity contribution in [1.29, 1.82) is 0 Å². The van der Waals surface area contributed by atoms with Crippen molar-refractivity contribution in [2.45, 2.75) is 19.4 Å². The lowest BCUT2D eigenvalue weighted by molar-refractivity contribution is 0.516. The number of halogens is 1. The smallest absolute Gasteiger partial charge is 0.146 e. The highest BCUT2D eigenvalue weighted by molar-refractivity contribution is 5.13. The molecule has 1 N–H and O–H groups in total. The van der Waals surface area contributed by atoms with Gasteiger partial charge in [-0.05, 0) is 32.5 Å². The zero-order chi connectivity index (χ0) is 10.6. The topological polar surface area (TPSA) is 24.9 Å². The van der Waals surface area contributed by atoms with Crippen molar-refractivity contribution in [2.24, 2.45) is 0 Å². The third kappa shape index (κ3) is 2.64. The number of nitrogens with zero attached hydrogens (tertiary/aromatic N) is 1. The Labute approximate surface area is 83.9 Å². The SMILES string of the molecule is C=C(C)CC(NC)c1ncccc1F. The molecular formula is C11H15FN2. The van der Waals surface area contributed by atoms with Crippen molar-refractivity contribution in [2.75, 3.05) is 7.05 Å². The molecular weight excluding hydrogens is 179 g/mol. The quantitative estimate of drug-likeness (QED) is 0.745. The Morgan fingerprint density at radius 1 is 1.71 bits per heavy atom. The predicted molar refractivity (Wildman–Crippen MR) is 55.4 cm³/mol. The number of nitrogens with one attached hydrogen (secondary N) is 1. The maximum atomic E-state index is 13.3. The monoisotopic (exact) mass is 194 g/mol. The molecule has 0 aliphatic carbocycles. The van der Waals surface area contributed by atoms with Gasteiger partial charge in [0.2, 0.25) is 0 Å². The summed E-state index contributed by atoms with van der Waals surface area (Å²) < 4.78 is 13.3. The van der Waals surface area contributed by atoms with Crippen LogP contribution in [0.5, 0.6) is 0 Å². The molecule has 1 rings (SSSR count). The summed E-state index contributed by atoms with van der Waals surface area (Å²) in [6.07, 6.45) is 2.30. The van der Waals surface area contributed by atoms with E-state index in [1.54, 1.807) is 19.3 Å². The highest BCUT2D eigenvalue weighted by atomic mass is 19.1. The van der Waals surface area contributed by atoms with E-state index >= 15 is 0 Å². The number of pyridine rings is 1. The molecule has 0 aliphatic rings. The van der Waals surface area contributed by atoms with Crippen LogP contribution in [0.4, 0.5) is 4.39 Å². The molecule has 1 heterocycles. The molecule has 1 atom stereocenters. The predicted octanol–water partition coefficient (Wildman–Crippen LogP) is 2.45. The highest BCUT2D eigenvalue weighted by Crippen LogP contribution is 2.19. The van der Waals surface area contributed by atoms with Crippen LogP contribution in [0.1, 0.15) is 25.1 Å². The molecule has 2 nitrogen and oxygen atoms in total. The van der Waals surface area contributed by atoms with E-state index in [1.807, 2.05) is 6.92 Å². The summed E-state index contributed by atoms with van der Waals surface area (Å²) in [6.45, 7) is 5.73. The van der Waals surface area contributed by atoms with Crippen molar-refractivity contribution in [3.8, 4) is 0 Å². The van der Waals surface area contributed by atoms with Crippen molar-refractivity contribution in [3.63, 3.8) is 0 Å². The van der Waals surface area contributed by atoms with E-state index in [2.05, 4.69) is 16.9 Å². The van der Waals surface area contributed by atoms with Crippen LogP contribution in [0.3, 0.4) is 0 Å². The molecule has 0 spiro atoms. The van der Waals surface area contributed by atoms with Crippen LogP contribution < -0.4 is 5.32 Å². The van der Waals surface area contributed by atoms with Crippen molar-refractivity contribution in [3.05, 3.63) is 42.0 Å². The largest absolute Gasteiger partial charge is 0.311 e. The Morgan fingerprint density at radius 3 is 2.93 bits per heavy atom. The van der Waals surface area contributed by atoms with E-state index in [4.69, 9.17) is 0 Å². The van der Waals surface area contributed by atoms with Gasteiger partial charge in [-0.3, -0.25) is 4.98 Å². The van der Waals surface area contributed by atoms with Gasteiger partial charge in [0, 0.05) is 6.20 Å². The van der Waals surface area contributed by atoms with Crippen LogP contribution in [0, 0.1) is 5.82 Å². The number of hydrogen-bond acceptors (Lipinski definition) is 2. The number of aromatic nitrogens is 1. The van der Waals surface area contributed by atoms with Crippen LogP contribution in [0.15, 0.2) is 30.5 Å². The Kier molecular flexibility index (Phi) is 3.77. The fourth-order valence-corrected chi connectivity index (χ4v) is 1.34. The Hall–Kier alpha value is -1.22. The first-order chi connectivity index (χ1) is 6.65. The van der Waals surface area contributed by atoms with Gasteiger partial charge >= 0.3 is 0 Å². The Morgan fingerprint density at radius 2 is 2.43 bits per heavy atom. The van der Waals surface area contributed by atoms with Crippen LogP contribution in [-0.2, 0) is 0 Å². The molecule has 0 saturated heterocycles. The summed E-state index contributed by atoms with van der Waals surface area (Å²) in [6, 6.07) is 2.92. The molecule has 1 aromatic rings. The van der Waals surface area contributed by atoms with E-state index in [9.17, 15) is 4.39 Å². The van der Waals surface area contributed by atoms with Gasteiger partial charge in [-0.2, -0.15) is 0 Å². The van der Waals surface area contributed by atoms with Crippen molar-refractivity contribution >= 4 is 0 Å². The van der Waals surface area contributed by atoms with Crippen molar-refractivity contribution < 1.29 is 4.39 Å². The zero-order valence-corrected chi connectivity index (χ0v) is 8.55. The molecule has 0 aromatic carbocycles. The van der Waals surface area contributed by atoms with Crippen LogP contribution >= 0.6 is 0 Å². The lowest BCUT2D eigenvalue weighted by Gasteiger charge is -2.15. The molecule has 0 bridgehead atoms. The third-order valence-corrected chi connectivity index (χ3v) is 2.02. The standard InChI is InChI=1S/C11H15FN2/c1-8(2)7-10(13-3)11-9(12)5-4-6-14-11/h4-6,10,13H,1,7H2,2-3H3. The third-order valence-electron chi connectivity index (χ3n) is 2.02. The molecule has 0 aliphatic heterocycles. The van der Waals surface area contributed by atoms with Gasteiger partial charge in [0.25, 0.3) is 0 Å². The maximum absolute atomic E-state index is 13.3. The number of rotatable bonds is 4. The first-order valence-electron chi connectivity index (χ1n) is 4.57.